The zero-order chi connectivity index (χ0) is 22.8. The Morgan fingerprint density at radius 1 is 0.625 bits per heavy atom. The molecule has 32 heavy (non-hydrogen) atoms. The SMILES string of the molecule is CC(C)(C)c1cccc(-c2cc[n+](CC(C)(C)c3cccc(-c4ccncc4)c3)cc2)c1. The molecule has 0 radical (unpaired) electrons. The first-order valence-corrected chi connectivity index (χ1v) is 11.3. The molecule has 2 heterocycles. The van der Waals surface area contributed by atoms with E-state index in [-0.39, 0.29) is 10.8 Å². The van der Waals surface area contributed by atoms with E-state index in [2.05, 4.69) is 129 Å². The van der Waals surface area contributed by atoms with Crippen molar-refractivity contribution in [3.63, 3.8) is 0 Å². The molecule has 0 aliphatic carbocycles. The van der Waals surface area contributed by atoms with Crippen molar-refractivity contribution >= 4 is 0 Å². The Labute approximate surface area is 192 Å². The lowest BCUT2D eigenvalue weighted by Gasteiger charge is -2.22. The van der Waals surface area contributed by atoms with Gasteiger partial charge in [0.2, 0.25) is 0 Å². The molecule has 2 nitrogen and oxygen atoms in total. The van der Waals surface area contributed by atoms with E-state index in [0.29, 0.717) is 0 Å². The van der Waals surface area contributed by atoms with Gasteiger partial charge in [-0.1, -0.05) is 69.3 Å². The zero-order valence-electron chi connectivity index (χ0n) is 19.8. The van der Waals surface area contributed by atoms with E-state index < -0.39 is 0 Å². The highest BCUT2D eigenvalue weighted by Gasteiger charge is 2.26. The number of rotatable bonds is 5. The predicted octanol–water partition coefficient (Wildman–Crippen LogP) is 6.98. The van der Waals surface area contributed by atoms with E-state index in [4.69, 9.17) is 0 Å². The van der Waals surface area contributed by atoms with Crippen LogP contribution >= 0.6 is 0 Å². The molecule has 0 aliphatic heterocycles. The van der Waals surface area contributed by atoms with Crippen LogP contribution in [0, 0.1) is 0 Å². The zero-order valence-corrected chi connectivity index (χ0v) is 19.8. The molecule has 4 rings (SSSR count). The standard InChI is InChI=1S/C30H33N2/c1-29(2,3)27-10-6-8-25(20-27)24-14-18-32(19-15-24)22-30(4,5)28-11-7-9-26(21-28)23-12-16-31-17-13-23/h6-21H,22H2,1-5H3/q+1. The summed E-state index contributed by atoms with van der Waals surface area (Å²) in [5, 5.41) is 0. The van der Waals surface area contributed by atoms with Crippen molar-refractivity contribution in [1.82, 2.24) is 4.98 Å². The molecular weight excluding hydrogens is 388 g/mol. The molecule has 0 spiro atoms. The van der Waals surface area contributed by atoms with Crippen LogP contribution in [0.15, 0.2) is 97.6 Å². The van der Waals surface area contributed by atoms with Crippen LogP contribution in [0.4, 0.5) is 0 Å². The highest BCUT2D eigenvalue weighted by Crippen LogP contribution is 2.29. The maximum absolute atomic E-state index is 4.14. The molecule has 2 aromatic heterocycles. The van der Waals surface area contributed by atoms with Crippen molar-refractivity contribution < 1.29 is 4.57 Å². The minimum absolute atomic E-state index is 0.00136. The molecular formula is C30H33N2+. The van der Waals surface area contributed by atoms with Gasteiger partial charge in [-0.3, -0.25) is 4.98 Å². The summed E-state index contributed by atoms with van der Waals surface area (Å²) in [5.41, 5.74) is 7.81. The van der Waals surface area contributed by atoms with Gasteiger partial charge >= 0.3 is 0 Å². The lowest BCUT2D eigenvalue weighted by molar-refractivity contribution is -0.704. The molecule has 0 bridgehead atoms. The van der Waals surface area contributed by atoms with Crippen LogP contribution in [0.25, 0.3) is 22.3 Å². The summed E-state index contributed by atoms with van der Waals surface area (Å²) in [5.74, 6) is 0. The second kappa shape index (κ2) is 8.70. The second-order valence-electron chi connectivity index (χ2n) is 10.3. The van der Waals surface area contributed by atoms with Crippen LogP contribution in [-0.2, 0) is 17.4 Å². The number of benzene rings is 2. The second-order valence-corrected chi connectivity index (χ2v) is 10.3. The van der Waals surface area contributed by atoms with E-state index in [1.165, 1.54) is 33.4 Å². The fourth-order valence-corrected chi connectivity index (χ4v) is 4.13. The average molecular weight is 422 g/mol. The Morgan fingerprint density at radius 2 is 1.16 bits per heavy atom. The Bertz CT molecular complexity index is 1180. The maximum atomic E-state index is 4.14. The highest BCUT2D eigenvalue weighted by molar-refractivity contribution is 5.64. The fraction of sp³-hybridized carbons (Fsp3) is 0.267. The first kappa shape index (κ1) is 22.0. The lowest BCUT2D eigenvalue weighted by atomic mass is 9.83. The van der Waals surface area contributed by atoms with Gasteiger partial charge in [-0.15, -0.1) is 0 Å². The van der Waals surface area contributed by atoms with Gasteiger partial charge in [-0.2, -0.15) is 0 Å². The van der Waals surface area contributed by atoms with Gasteiger partial charge in [0, 0.05) is 29.9 Å². The molecule has 162 valence electrons. The average Bonchev–Trinajstić information content (AvgIpc) is 2.80. The first-order chi connectivity index (χ1) is 15.2. The lowest BCUT2D eigenvalue weighted by Crippen LogP contribution is -2.42. The van der Waals surface area contributed by atoms with Crippen LogP contribution < -0.4 is 4.57 Å². The monoisotopic (exact) mass is 421 g/mol. The molecule has 0 atom stereocenters. The quantitative estimate of drug-likeness (QED) is 0.318. The molecule has 0 unspecified atom stereocenters. The van der Waals surface area contributed by atoms with Crippen molar-refractivity contribution in [2.75, 3.05) is 0 Å². The number of aromatic nitrogens is 2. The molecule has 0 amide bonds. The Balaban J connectivity index is 1.55. The molecule has 2 aromatic carbocycles. The Kier molecular flexibility index (Phi) is 5.97. The van der Waals surface area contributed by atoms with E-state index in [0.717, 1.165) is 6.54 Å². The molecule has 0 saturated heterocycles. The molecule has 0 fully saturated rings. The van der Waals surface area contributed by atoms with Gasteiger partial charge in [0.05, 0.1) is 0 Å². The van der Waals surface area contributed by atoms with Crippen molar-refractivity contribution in [2.45, 2.75) is 52.0 Å². The molecule has 0 saturated carbocycles. The Morgan fingerprint density at radius 3 is 1.75 bits per heavy atom. The normalized spacial score (nSPS) is 12.0. The van der Waals surface area contributed by atoms with Crippen LogP contribution in [0.1, 0.15) is 45.7 Å². The Hall–Kier alpha value is -3.26. The number of hydrogen-bond acceptors (Lipinski definition) is 1. The third-order valence-corrected chi connectivity index (χ3v) is 6.19. The molecule has 0 N–H and O–H groups in total. The van der Waals surface area contributed by atoms with Crippen LogP contribution in [-0.4, -0.2) is 4.98 Å². The van der Waals surface area contributed by atoms with Crippen molar-refractivity contribution in [3.8, 4) is 22.3 Å². The smallest absolute Gasteiger partial charge is 0.169 e. The van der Waals surface area contributed by atoms with Gasteiger partial charge in [0.25, 0.3) is 0 Å². The van der Waals surface area contributed by atoms with Crippen molar-refractivity contribution in [2.24, 2.45) is 0 Å². The van der Waals surface area contributed by atoms with Crippen LogP contribution in [0.2, 0.25) is 0 Å². The van der Waals surface area contributed by atoms with E-state index in [1.54, 1.807) is 0 Å². The fourth-order valence-electron chi connectivity index (χ4n) is 4.13. The van der Waals surface area contributed by atoms with Gasteiger partial charge in [0.15, 0.2) is 18.9 Å². The summed E-state index contributed by atoms with van der Waals surface area (Å²) < 4.78 is 2.29. The highest BCUT2D eigenvalue weighted by atomic mass is 14.9. The van der Waals surface area contributed by atoms with Gasteiger partial charge < -0.3 is 0 Å². The van der Waals surface area contributed by atoms with E-state index >= 15 is 0 Å². The summed E-state index contributed by atoms with van der Waals surface area (Å²) >= 11 is 0. The summed E-state index contributed by atoms with van der Waals surface area (Å²) in [4.78, 5) is 4.14. The molecule has 4 aromatic rings. The minimum Gasteiger partial charge on any atom is -0.265 e. The number of pyridine rings is 2. The largest absolute Gasteiger partial charge is 0.265 e. The topological polar surface area (TPSA) is 16.8 Å². The molecule has 0 aliphatic rings. The van der Waals surface area contributed by atoms with Crippen LogP contribution in [0.3, 0.4) is 0 Å². The van der Waals surface area contributed by atoms with E-state index in [1.807, 2.05) is 12.4 Å². The first-order valence-electron chi connectivity index (χ1n) is 11.3. The molecule has 2 heteroatoms. The van der Waals surface area contributed by atoms with Crippen molar-refractivity contribution in [3.05, 3.63) is 109 Å². The number of hydrogen-bond donors (Lipinski definition) is 0. The summed E-state index contributed by atoms with van der Waals surface area (Å²) in [6, 6.07) is 26.3. The number of nitrogens with zero attached hydrogens (tertiary/aromatic N) is 2. The van der Waals surface area contributed by atoms with Gasteiger partial charge in [-0.25, -0.2) is 4.57 Å². The predicted molar refractivity (Wildman–Crippen MR) is 133 cm³/mol. The van der Waals surface area contributed by atoms with Crippen molar-refractivity contribution in [1.29, 1.82) is 0 Å². The van der Waals surface area contributed by atoms with Crippen LogP contribution in [0.5, 0.6) is 0 Å². The van der Waals surface area contributed by atoms with E-state index in [9.17, 15) is 0 Å². The maximum Gasteiger partial charge on any atom is 0.169 e. The third-order valence-electron chi connectivity index (χ3n) is 6.19. The summed E-state index contributed by atoms with van der Waals surface area (Å²) in [6.07, 6.45) is 8.10. The summed E-state index contributed by atoms with van der Waals surface area (Å²) in [6.45, 7) is 12.3. The third kappa shape index (κ3) is 4.96. The van der Waals surface area contributed by atoms with Gasteiger partial charge in [0.1, 0.15) is 0 Å². The summed E-state index contributed by atoms with van der Waals surface area (Å²) in [7, 11) is 0. The minimum atomic E-state index is 0.00136. The van der Waals surface area contributed by atoms with Gasteiger partial charge in [-0.05, 0) is 64.8 Å².